The first-order valence-corrected chi connectivity index (χ1v) is 14.5. The Morgan fingerprint density at radius 3 is 2.46 bits per heavy atom. The van der Waals surface area contributed by atoms with E-state index in [1.807, 2.05) is 18.2 Å². The zero-order chi connectivity index (χ0) is 26.6. The monoisotopic (exact) mass is 512 g/mol. The van der Waals surface area contributed by atoms with E-state index < -0.39 is 0 Å². The van der Waals surface area contributed by atoms with Crippen molar-refractivity contribution in [1.82, 2.24) is 0 Å². The minimum atomic E-state index is -0.346. The Morgan fingerprint density at radius 2 is 1.70 bits per heavy atom. The summed E-state index contributed by atoms with van der Waals surface area (Å²) in [6.07, 6.45) is 24.3. The predicted octanol–water partition coefficient (Wildman–Crippen LogP) is 7.21. The largest absolute Gasteiger partial charge is 0.457 e. The molecule has 2 saturated heterocycles. The molecule has 0 amide bonds. The molecule has 206 valence electrons. The van der Waals surface area contributed by atoms with Crippen molar-refractivity contribution in [3.63, 3.8) is 0 Å². The van der Waals surface area contributed by atoms with Crippen molar-refractivity contribution in [2.24, 2.45) is 11.8 Å². The summed E-state index contributed by atoms with van der Waals surface area (Å²) in [6.45, 7) is 8.05. The average molecular weight is 513 g/mol. The van der Waals surface area contributed by atoms with Crippen LogP contribution in [0.25, 0.3) is 0 Å². The molecule has 7 atom stereocenters. The molecule has 3 rings (SSSR count). The van der Waals surface area contributed by atoms with Crippen molar-refractivity contribution < 1.29 is 23.8 Å². The van der Waals surface area contributed by atoms with E-state index in [0.717, 1.165) is 51.4 Å². The molecule has 0 radical (unpaired) electrons. The number of ketones is 1. The minimum Gasteiger partial charge on any atom is -0.457 e. The fourth-order valence-electron chi connectivity index (χ4n) is 5.65. The maximum Gasteiger partial charge on any atom is 0.309 e. The summed E-state index contributed by atoms with van der Waals surface area (Å²) in [7, 11) is 0. The molecule has 3 aliphatic heterocycles. The van der Waals surface area contributed by atoms with Crippen LogP contribution in [0.15, 0.2) is 48.1 Å². The Hall–Kier alpha value is -1.98. The maximum absolute atomic E-state index is 13.0. The Kier molecular flexibility index (Phi) is 12.3. The van der Waals surface area contributed by atoms with Gasteiger partial charge in [0.2, 0.25) is 0 Å². The molecule has 0 saturated carbocycles. The van der Waals surface area contributed by atoms with Gasteiger partial charge in [-0.3, -0.25) is 4.79 Å². The van der Waals surface area contributed by atoms with Crippen molar-refractivity contribution in [1.29, 1.82) is 0 Å². The van der Waals surface area contributed by atoms with Crippen LogP contribution in [0.3, 0.4) is 0 Å². The van der Waals surface area contributed by atoms with E-state index in [2.05, 4.69) is 45.1 Å². The number of allylic oxidation sites excluding steroid dienone is 5. The number of carbonyl (C=O) groups excluding carboxylic acids is 2. The lowest BCUT2D eigenvalue weighted by molar-refractivity contribution is -0.154. The molecule has 2 fully saturated rings. The second-order valence-corrected chi connectivity index (χ2v) is 11.3. The molecule has 0 N–H and O–H groups in total. The van der Waals surface area contributed by atoms with Crippen LogP contribution in [0.2, 0.25) is 0 Å². The minimum absolute atomic E-state index is 0.0489. The summed E-state index contributed by atoms with van der Waals surface area (Å²) < 4.78 is 19.0. The molecule has 4 bridgehead atoms. The first-order chi connectivity index (χ1) is 17.8. The van der Waals surface area contributed by atoms with E-state index in [9.17, 15) is 9.59 Å². The molecule has 3 unspecified atom stereocenters. The molecule has 0 aromatic heterocycles. The van der Waals surface area contributed by atoms with E-state index in [4.69, 9.17) is 14.2 Å². The summed E-state index contributed by atoms with van der Waals surface area (Å²) in [5, 5.41) is 0. The molecule has 0 spiro atoms. The molecule has 5 nitrogen and oxygen atoms in total. The second kappa shape index (κ2) is 15.4. The van der Waals surface area contributed by atoms with Gasteiger partial charge in [-0.15, -0.1) is 0 Å². The van der Waals surface area contributed by atoms with Gasteiger partial charge in [-0.25, -0.2) is 0 Å². The van der Waals surface area contributed by atoms with E-state index in [1.165, 1.54) is 12.0 Å². The lowest BCUT2D eigenvalue weighted by Crippen LogP contribution is -2.37. The van der Waals surface area contributed by atoms with Crippen LogP contribution in [0.1, 0.15) is 98.3 Å². The molecular weight excluding hydrogens is 464 g/mol. The standard InChI is InChI=1S/C32H48O5/c1-5-26-19-29-21-28-14-11-13-27(35-28)18-23(2)16-17-24(3)31(37-32(34)22-30(20-26)36-29)15-10-8-6-7-9-12-25(4)33/h5-6,8,10,15-17,23-24,27-31H,7,9,11-14,18-22H2,1-4H3/b8-6-,15-10+,17-16+,26-5-/t23-,24-,27+,28?,29+,30?,31?/m0/s1. The molecule has 37 heavy (non-hydrogen) atoms. The van der Waals surface area contributed by atoms with Gasteiger partial charge in [0.15, 0.2) is 0 Å². The van der Waals surface area contributed by atoms with Crippen LogP contribution in [-0.4, -0.2) is 42.3 Å². The Labute approximate surface area is 224 Å². The topological polar surface area (TPSA) is 61.8 Å². The van der Waals surface area contributed by atoms with Gasteiger partial charge in [0.05, 0.1) is 30.8 Å². The van der Waals surface area contributed by atoms with Crippen LogP contribution in [0.4, 0.5) is 0 Å². The smallest absolute Gasteiger partial charge is 0.309 e. The average Bonchev–Trinajstić information content (AvgIpc) is 2.85. The quantitative estimate of drug-likeness (QED) is 0.163. The van der Waals surface area contributed by atoms with Crippen LogP contribution < -0.4 is 0 Å². The summed E-state index contributed by atoms with van der Waals surface area (Å²) in [5.74, 6) is 0.454. The van der Waals surface area contributed by atoms with Gasteiger partial charge in [0.25, 0.3) is 0 Å². The molecule has 0 aromatic rings. The normalized spacial score (nSPS) is 36.1. The van der Waals surface area contributed by atoms with Gasteiger partial charge in [0.1, 0.15) is 11.9 Å². The van der Waals surface area contributed by atoms with Gasteiger partial charge in [0, 0.05) is 18.8 Å². The second-order valence-electron chi connectivity index (χ2n) is 11.3. The van der Waals surface area contributed by atoms with E-state index in [0.29, 0.717) is 18.4 Å². The summed E-state index contributed by atoms with van der Waals surface area (Å²) in [5.41, 5.74) is 1.36. The van der Waals surface area contributed by atoms with Crippen LogP contribution in [-0.2, 0) is 23.8 Å². The third-order valence-corrected chi connectivity index (χ3v) is 7.74. The van der Waals surface area contributed by atoms with Gasteiger partial charge in [-0.2, -0.15) is 0 Å². The van der Waals surface area contributed by atoms with E-state index >= 15 is 0 Å². The van der Waals surface area contributed by atoms with Crippen molar-refractivity contribution in [2.45, 2.75) is 129 Å². The highest BCUT2D eigenvalue weighted by Gasteiger charge is 2.32. The molecule has 5 heteroatoms. The zero-order valence-electron chi connectivity index (χ0n) is 23.4. The number of hydrogen-bond acceptors (Lipinski definition) is 5. The fourth-order valence-corrected chi connectivity index (χ4v) is 5.65. The first-order valence-electron chi connectivity index (χ1n) is 14.5. The molecule has 3 heterocycles. The van der Waals surface area contributed by atoms with Gasteiger partial charge < -0.3 is 19.0 Å². The number of hydrogen-bond donors (Lipinski definition) is 0. The Bertz CT molecular complexity index is 853. The first kappa shape index (κ1) is 29.6. The van der Waals surface area contributed by atoms with Crippen LogP contribution >= 0.6 is 0 Å². The number of fused-ring (bicyclic) bond motifs is 4. The van der Waals surface area contributed by atoms with Gasteiger partial charge >= 0.3 is 5.97 Å². The van der Waals surface area contributed by atoms with E-state index in [1.54, 1.807) is 6.92 Å². The Morgan fingerprint density at radius 1 is 0.973 bits per heavy atom. The number of ether oxygens (including phenoxy) is 3. The van der Waals surface area contributed by atoms with Crippen molar-refractivity contribution in [3.8, 4) is 0 Å². The number of cyclic esters (lactones) is 1. The SMILES string of the molecule is C/C=C1\CC2CC(=O)OC(/C=C/C=C\CCCC(C)=O)[C@@H](C)/C=C/[C@H](C)C[C@H]3CCCC(C[C@@H](C1)O2)O3. The van der Waals surface area contributed by atoms with Crippen molar-refractivity contribution in [2.75, 3.05) is 0 Å². The third-order valence-electron chi connectivity index (χ3n) is 7.74. The van der Waals surface area contributed by atoms with Crippen LogP contribution in [0.5, 0.6) is 0 Å². The fraction of sp³-hybridized carbons (Fsp3) is 0.688. The van der Waals surface area contributed by atoms with E-state index in [-0.39, 0.29) is 48.5 Å². The summed E-state index contributed by atoms with van der Waals surface area (Å²) in [6, 6.07) is 0. The highest BCUT2D eigenvalue weighted by molar-refractivity contribution is 5.75. The molecule has 3 aliphatic rings. The van der Waals surface area contributed by atoms with Gasteiger partial charge in [-0.05, 0) is 77.2 Å². The lowest BCUT2D eigenvalue weighted by atomic mass is 9.90. The lowest BCUT2D eigenvalue weighted by Gasteiger charge is -2.37. The number of rotatable bonds is 6. The molecule has 0 aromatic carbocycles. The number of carbonyl (C=O) groups is 2. The van der Waals surface area contributed by atoms with Crippen LogP contribution in [0, 0.1) is 11.8 Å². The van der Waals surface area contributed by atoms with Crippen molar-refractivity contribution in [3.05, 3.63) is 48.1 Å². The van der Waals surface area contributed by atoms with Gasteiger partial charge in [-0.1, -0.05) is 55.9 Å². The highest BCUT2D eigenvalue weighted by Crippen LogP contribution is 2.33. The number of unbranched alkanes of at least 4 members (excludes halogenated alkanes) is 1. The zero-order valence-corrected chi connectivity index (χ0v) is 23.4. The maximum atomic E-state index is 13.0. The number of esters is 1. The number of Topliss-reactive ketones (excluding diaryl/α,β-unsaturated/α-hetero) is 1. The summed E-state index contributed by atoms with van der Waals surface area (Å²) >= 11 is 0. The predicted molar refractivity (Wildman–Crippen MR) is 148 cm³/mol. The summed E-state index contributed by atoms with van der Waals surface area (Å²) in [4.78, 5) is 24.2. The van der Waals surface area contributed by atoms with Crippen molar-refractivity contribution >= 4 is 11.8 Å². The molecule has 0 aliphatic carbocycles. The Balaban J connectivity index is 1.73. The molecular formula is C32H48O5. The highest BCUT2D eigenvalue weighted by atomic mass is 16.5. The third kappa shape index (κ3) is 10.7.